The minimum Gasteiger partial charge on any atom is -0.496 e. The highest BCUT2D eigenvalue weighted by Crippen LogP contribution is 2.42. The lowest BCUT2D eigenvalue weighted by Crippen LogP contribution is -2.28. The zero-order valence-electron chi connectivity index (χ0n) is 16.7. The molecule has 1 heterocycles. The van der Waals surface area contributed by atoms with Crippen LogP contribution in [0.5, 0.6) is 11.5 Å². The van der Waals surface area contributed by atoms with E-state index in [4.69, 9.17) is 14.6 Å². The number of carboxylic acid groups (broad SMARTS) is 1. The maximum absolute atomic E-state index is 12.8. The van der Waals surface area contributed by atoms with Crippen LogP contribution in [0.1, 0.15) is 42.0 Å². The monoisotopic (exact) mass is 396 g/mol. The Kier molecular flexibility index (Phi) is 6.16. The molecular weight excluding hydrogens is 372 g/mol. The number of hydrogen-bond acceptors (Lipinski definition) is 5. The number of ether oxygens (including phenoxy) is 2. The van der Waals surface area contributed by atoms with Crippen molar-refractivity contribution in [1.29, 1.82) is 0 Å². The van der Waals surface area contributed by atoms with E-state index in [0.29, 0.717) is 23.5 Å². The summed E-state index contributed by atoms with van der Waals surface area (Å²) in [4.78, 5) is 23.8. The van der Waals surface area contributed by atoms with Crippen molar-refractivity contribution in [1.82, 2.24) is 5.01 Å². The summed E-state index contributed by atoms with van der Waals surface area (Å²) in [5, 5.41) is 14.9. The summed E-state index contributed by atoms with van der Waals surface area (Å²) in [7, 11) is 3.12. The largest absolute Gasteiger partial charge is 0.496 e. The Morgan fingerprint density at radius 3 is 2.24 bits per heavy atom. The van der Waals surface area contributed by atoms with Gasteiger partial charge in [0.15, 0.2) is 0 Å². The topological polar surface area (TPSA) is 88.4 Å². The molecule has 152 valence electrons. The number of benzene rings is 2. The van der Waals surface area contributed by atoms with Crippen LogP contribution in [-0.4, -0.2) is 41.9 Å². The molecule has 1 aliphatic heterocycles. The van der Waals surface area contributed by atoms with E-state index >= 15 is 0 Å². The molecular formula is C22H24N2O5. The van der Waals surface area contributed by atoms with Crippen LogP contribution >= 0.6 is 0 Å². The van der Waals surface area contributed by atoms with Crippen LogP contribution in [0, 0.1) is 6.92 Å². The highest BCUT2D eigenvalue weighted by molar-refractivity contribution is 6.03. The van der Waals surface area contributed by atoms with Crippen molar-refractivity contribution in [3.8, 4) is 11.5 Å². The number of carboxylic acids is 1. The molecule has 1 atom stereocenters. The summed E-state index contributed by atoms with van der Waals surface area (Å²) in [6.45, 7) is 2.00. The van der Waals surface area contributed by atoms with Crippen LogP contribution in [0.4, 0.5) is 0 Å². The number of methoxy groups -OCH3 is 2. The van der Waals surface area contributed by atoms with Crippen LogP contribution in [0.3, 0.4) is 0 Å². The van der Waals surface area contributed by atoms with Gasteiger partial charge in [0.1, 0.15) is 11.5 Å². The number of aryl methyl sites for hydroxylation is 1. The van der Waals surface area contributed by atoms with Crippen LogP contribution in [0.15, 0.2) is 47.6 Å². The number of aliphatic carboxylic acids is 1. The minimum absolute atomic E-state index is 0.131. The standard InChI is InChI=1S/C22H24N2O5/c1-14-7-9-15(10-8-14)16-13-17(24(23-16)20(25)11-12-21(26)27)22-18(28-2)5-4-6-19(22)29-3/h4-10,17H,11-13H2,1-3H3,(H,26,27). The average Bonchev–Trinajstić information content (AvgIpc) is 3.16. The van der Waals surface area contributed by atoms with Gasteiger partial charge in [-0.05, 0) is 24.6 Å². The molecule has 1 N–H and O–H groups in total. The highest BCUT2D eigenvalue weighted by atomic mass is 16.5. The molecule has 0 bridgehead atoms. The normalized spacial score (nSPS) is 15.8. The molecule has 1 aliphatic rings. The van der Waals surface area contributed by atoms with E-state index in [1.54, 1.807) is 14.2 Å². The quantitative estimate of drug-likeness (QED) is 0.773. The molecule has 29 heavy (non-hydrogen) atoms. The van der Waals surface area contributed by atoms with Crippen molar-refractivity contribution in [2.75, 3.05) is 14.2 Å². The van der Waals surface area contributed by atoms with Gasteiger partial charge >= 0.3 is 5.97 Å². The fraction of sp³-hybridized carbons (Fsp3) is 0.318. The van der Waals surface area contributed by atoms with Crippen LogP contribution < -0.4 is 9.47 Å². The Balaban J connectivity index is 2.02. The Labute approximate surface area is 169 Å². The van der Waals surface area contributed by atoms with Crippen LogP contribution in [0.25, 0.3) is 0 Å². The molecule has 0 aliphatic carbocycles. The van der Waals surface area contributed by atoms with E-state index < -0.39 is 12.0 Å². The van der Waals surface area contributed by atoms with Gasteiger partial charge in [0.25, 0.3) is 0 Å². The molecule has 2 aromatic rings. The maximum Gasteiger partial charge on any atom is 0.303 e. The van der Waals surface area contributed by atoms with Crippen molar-refractivity contribution >= 4 is 17.6 Å². The molecule has 0 saturated heterocycles. The molecule has 3 rings (SSSR count). The summed E-state index contributed by atoms with van der Waals surface area (Å²) >= 11 is 0. The summed E-state index contributed by atoms with van der Waals surface area (Å²) in [5.74, 6) is -0.198. The van der Waals surface area contributed by atoms with Gasteiger partial charge in [0.2, 0.25) is 5.91 Å². The number of rotatable bonds is 7. The van der Waals surface area contributed by atoms with Gasteiger partial charge in [0.05, 0.1) is 38.0 Å². The van der Waals surface area contributed by atoms with Crippen molar-refractivity contribution in [2.24, 2.45) is 5.10 Å². The second-order valence-electron chi connectivity index (χ2n) is 6.84. The van der Waals surface area contributed by atoms with Gasteiger partial charge in [-0.15, -0.1) is 0 Å². The van der Waals surface area contributed by atoms with E-state index in [-0.39, 0.29) is 18.7 Å². The Morgan fingerprint density at radius 2 is 1.69 bits per heavy atom. The lowest BCUT2D eigenvalue weighted by atomic mass is 9.96. The predicted octanol–water partition coefficient (Wildman–Crippen LogP) is 3.55. The predicted molar refractivity (Wildman–Crippen MR) is 108 cm³/mol. The third kappa shape index (κ3) is 4.39. The molecule has 1 amide bonds. The van der Waals surface area contributed by atoms with E-state index in [9.17, 15) is 9.59 Å². The zero-order chi connectivity index (χ0) is 21.0. The van der Waals surface area contributed by atoms with Crippen molar-refractivity contribution in [3.63, 3.8) is 0 Å². The van der Waals surface area contributed by atoms with Gasteiger partial charge in [-0.25, -0.2) is 5.01 Å². The second kappa shape index (κ2) is 8.77. The minimum atomic E-state index is -1.02. The van der Waals surface area contributed by atoms with Crippen molar-refractivity contribution < 1.29 is 24.2 Å². The molecule has 7 nitrogen and oxygen atoms in total. The SMILES string of the molecule is COc1cccc(OC)c1C1CC(c2ccc(C)cc2)=NN1C(=O)CCC(=O)O. The van der Waals surface area contributed by atoms with Gasteiger partial charge in [0, 0.05) is 12.8 Å². The Hall–Kier alpha value is -3.35. The van der Waals surface area contributed by atoms with Crippen molar-refractivity contribution in [3.05, 3.63) is 59.2 Å². The van der Waals surface area contributed by atoms with Gasteiger partial charge in [-0.1, -0.05) is 35.9 Å². The fourth-order valence-corrected chi connectivity index (χ4v) is 3.42. The zero-order valence-corrected chi connectivity index (χ0v) is 16.7. The number of carbonyl (C=O) groups excluding carboxylic acids is 1. The fourth-order valence-electron chi connectivity index (χ4n) is 3.42. The summed E-state index contributed by atoms with van der Waals surface area (Å²) < 4.78 is 11.0. The van der Waals surface area contributed by atoms with Crippen molar-refractivity contribution in [2.45, 2.75) is 32.2 Å². The molecule has 0 radical (unpaired) electrons. The van der Waals surface area contributed by atoms with E-state index in [1.165, 1.54) is 5.01 Å². The van der Waals surface area contributed by atoms with Gasteiger partial charge in [-0.2, -0.15) is 5.10 Å². The molecule has 1 unspecified atom stereocenters. The molecule has 0 saturated carbocycles. The van der Waals surface area contributed by atoms with Gasteiger partial charge < -0.3 is 14.6 Å². The highest BCUT2D eigenvalue weighted by Gasteiger charge is 2.36. The number of amides is 1. The van der Waals surface area contributed by atoms with E-state index in [0.717, 1.165) is 16.8 Å². The summed E-state index contributed by atoms with van der Waals surface area (Å²) in [6, 6.07) is 12.9. The van der Waals surface area contributed by atoms with Crippen LogP contribution in [-0.2, 0) is 9.59 Å². The molecule has 0 aromatic heterocycles. The summed E-state index contributed by atoms with van der Waals surface area (Å²) in [6.07, 6.45) is 0.0904. The first-order valence-corrected chi connectivity index (χ1v) is 9.33. The lowest BCUT2D eigenvalue weighted by molar-refractivity contribution is -0.141. The van der Waals surface area contributed by atoms with Gasteiger partial charge in [-0.3, -0.25) is 9.59 Å². The summed E-state index contributed by atoms with van der Waals surface area (Å²) in [5.41, 5.74) is 3.52. The molecule has 2 aromatic carbocycles. The van der Waals surface area contributed by atoms with Crippen LogP contribution in [0.2, 0.25) is 0 Å². The number of hydrazone groups is 1. The first-order chi connectivity index (χ1) is 13.9. The smallest absolute Gasteiger partial charge is 0.303 e. The number of carbonyl (C=O) groups is 2. The second-order valence-corrected chi connectivity index (χ2v) is 6.84. The Morgan fingerprint density at radius 1 is 1.07 bits per heavy atom. The third-order valence-electron chi connectivity index (χ3n) is 4.90. The van der Waals surface area contributed by atoms with E-state index in [1.807, 2.05) is 49.4 Å². The first-order valence-electron chi connectivity index (χ1n) is 9.33. The molecule has 0 fully saturated rings. The number of nitrogens with zero attached hydrogens (tertiary/aromatic N) is 2. The maximum atomic E-state index is 12.8. The Bertz CT molecular complexity index is 914. The average molecular weight is 396 g/mol. The lowest BCUT2D eigenvalue weighted by Gasteiger charge is -2.25. The number of hydrogen-bond donors (Lipinski definition) is 1. The molecule has 0 spiro atoms. The van der Waals surface area contributed by atoms with E-state index in [2.05, 4.69) is 5.10 Å². The molecule has 7 heteroatoms. The third-order valence-corrected chi connectivity index (χ3v) is 4.90. The first kappa shape index (κ1) is 20.4.